The maximum Gasteiger partial charge on any atom is 0.286 e. The molecule has 1 amide bonds. The summed E-state index contributed by atoms with van der Waals surface area (Å²) in [5.41, 5.74) is 2.04. The van der Waals surface area contributed by atoms with Crippen molar-refractivity contribution in [3.63, 3.8) is 0 Å². The Bertz CT molecular complexity index is 943. The number of amides is 1. The maximum absolute atomic E-state index is 12.3. The highest BCUT2D eigenvalue weighted by atomic mass is 32.1. The fourth-order valence-electron chi connectivity index (χ4n) is 2.50. The molecule has 130 valence electrons. The molecule has 5 nitrogen and oxygen atoms in total. The van der Waals surface area contributed by atoms with Gasteiger partial charge in [0, 0.05) is 13.7 Å². The summed E-state index contributed by atoms with van der Waals surface area (Å²) in [6, 6.07) is 15.6. The van der Waals surface area contributed by atoms with E-state index in [1.54, 1.807) is 7.11 Å². The number of carbonyl (C=O) groups excluding carboxylic acids is 1. The Morgan fingerprint density at radius 3 is 2.72 bits per heavy atom. The normalized spacial score (nSPS) is 11.8. The average Bonchev–Trinajstić information content (AvgIpc) is 2.96. The summed E-state index contributed by atoms with van der Waals surface area (Å²) in [6.45, 7) is 3.07. The molecule has 3 aromatic rings. The molecule has 0 aliphatic rings. The van der Waals surface area contributed by atoms with Crippen molar-refractivity contribution in [1.29, 1.82) is 0 Å². The number of ether oxygens (including phenoxy) is 2. The fourth-order valence-corrected chi connectivity index (χ4v) is 3.58. The molecule has 0 saturated carbocycles. The number of methoxy groups -OCH3 is 1. The Labute approximate surface area is 150 Å². The monoisotopic (exact) mass is 356 g/mol. The number of hydrogen-bond acceptors (Lipinski definition) is 4. The third-order valence-electron chi connectivity index (χ3n) is 3.77. The zero-order valence-corrected chi connectivity index (χ0v) is 15.1. The number of benzene rings is 2. The standard InChI is InChI=1S/C19H20N2O3S/c1-14-7-3-5-9-16(14)24-13-18(22)20-19-21(11-12-23-2)15-8-4-6-10-17(15)25-19/h3-10H,11-13H2,1-2H3. The van der Waals surface area contributed by atoms with E-state index in [2.05, 4.69) is 4.99 Å². The van der Waals surface area contributed by atoms with Crippen molar-refractivity contribution in [1.82, 2.24) is 4.57 Å². The molecule has 0 aliphatic heterocycles. The van der Waals surface area contributed by atoms with Crippen LogP contribution in [0.1, 0.15) is 5.56 Å². The van der Waals surface area contributed by atoms with Crippen molar-refractivity contribution in [2.45, 2.75) is 13.5 Å². The van der Waals surface area contributed by atoms with Crippen molar-refractivity contribution < 1.29 is 14.3 Å². The van der Waals surface area contributed by atoms with Gasteiger partial charge in [0.1, 0.15) is 5.75 Å². The largest absolute Gasteiger partial charge is 0.483 e. The van der Waals surface area contributed by atoms with Crippen molar-refractivity contribution >= 4 is 27.5 Å². The van der Waals surface area contributed by atoms with E-state index in [9.17, 15) is 4.79 Å². The van der Waals surface area contributed by atoms with Gasteiger partial charge < -0.3 is 14.0 Å². The van der Waals surface area contributed by atoms with Gasteiger partial charge in [0.05, 0.1) is 16.8 Å². The molecule has 2 aromatic carbocycles. The van der Waals surface area contributed by atoms with Gasteiger partial charge in [0.2, 0.25) is 0 Å². The predicted octanol–water partition coefficient (Wildman–Crippen LogP) is 3.16. The Morgan fingerprint density at radius 2 is 1.92 bits per heavy atom. The summed E-state index contributed by atoms with van der Waals surface area (Å²) in [7, 11) is 1.66. The van der Waals surface area contributed by atoms with Crippen LogP contribution >= 0.6 is 11.3 Å². The summed E-state index contributed by atoms with van der Waals surface area (Å²) < 4.78 is 13.9. The van der Waals surface area contributed by atoms with Crippen LogP contribution in [0.4, 0.5) is 0 Å². The molecule has 1 aromatic heterocycles. The first kappa shape index (κ1) is 17.4. The molecule has 3 rings (SSSR count). The quantitative estimate of drug-likeness (QED) is 0.682. The summed E-state index contributed by atoms with van der Waals surface area (Å²) in [5.74, 6) is 0.399. The maximum atomic E-state index is 12.3. The van der Waals surface area contributed by atoms with E-state index in [-0.39, 0.29) is 12.5 Å². The summed E-state index contributed by atoms with van der Waals surface area (Å²) in [6.07, 6.45) is 0. The second-order valence-electron chi connectivity index (χ2n) is 5.56. The third kappa shape index (κ3) is 4.15. The van der Waals surface area contributed by atoms with Crippen molar-refractivity contribution in [3.05, 3.63) is 58.9 Å². The van der Waals surface area contributed by atoms with Gasteiger partial charge >= 0.3 is 0 Å². The van der Waals surface area contributed by atoms with Gasteiger partial charge in [-0.3, -0.25) is 4.79 Å². The first-order valence-corrected chi connectivity index (χ1v) is 8.84. The molecule has 0 N–H and O–H groups in total. The predicted molar refractivity (Wildman–Crippen MR) is 98.9 cm³/mol. The molecule has 0 bridgehead atoms. The van der Waals surface area contributed by atoms with Crippen LogP contribution in [0.2, 0.25) is 0 Å². The molecule has 0 aliphatic carbocycles. The third-order valence-corrected chi connectivity index (χ3v) is 4.83. The second kappa shape index (κ2) is 8.09. The molecule has 6 heteroatoms. The van der Waals surface area contributed by atoms with Crippen LogP contribution in [0.5, 0.6) is 5.75 Å². The molecule has 0 fully saturated rings. The van der Waals surface area contributed by atoms with Crippen molar-refractivity contribution in [2.75, 3.05) is 20.3 Å². The number of aromatic nitrogens is 1. The lowest BCUT2D eigenvalue weighted by Crippen LogP contribution is -2.21. The summed E-state index contributed by atoms with van der Waals surface area (Å²) in [5, 5.41) is 0. The van der Waals surface area contributed by atoms with Crippen LogP contribution in [-0.4, -0.2) is 30.8 Å². The van der Waals surface area contributed by atoms with Crippen LogP contribution in [-0.2, 0) is 16.1 Å². The number of hydrogen-bond donors (Lipinski definition) is 0. The van der Waals surface area contributed by atoms with Gasteiger partial charge in [0.25, 0.3) is 5.91 Å². The Balaban J connectivity index is 1.84. The number of rotatable bonds is 6. The number of fused-ring (bicyclic) bond motifs is 1. The minimum atomic E-state index is -0.305. The molecule has 0 atom stereocenters. The van der Waals surface area contributed by atoms with Crippen LogP contribution < -0.4 is 9.54 Å². The smallest absolute Gasteiger partial charge is 0.286 e. The molecule has 0 spiro atoms. The molecule has 0 saturated heterocycles. The van der Waals surface area contributed by atoms with Gasteiger partial charge in [-0.05, 0) is 30.7 Å². The van der Waals surface area contributed by atoms with Gasteiger partial charge in [0.15, 0.2) is 11.4 Å². The highest BCUT2D eigenvalue weighted by Crippen LogP contribution is 2.17. The zero-order chi connectivity index (χ0) is 17.6. The highest BCUT2D eigenvalue weighted by Gasteiger charge is 2.08. The van der Waals surface area contributed by atoms with E-state index >= 15 is 0 Å². The zero-order valence-electron chi connectivity index (χ0n) is 14.3. The lowest BCUT2D eigenvalue weighted by molar-refractivity contribution is -0.120. The summed E-state index contributed by atoms with van der Waals surface area (Å²) >= 11 is 1.49. The van der Waals surface area contributed by atoms with Gasteiger partial charge in [-0.15, -0.1) is 0 Å². The van der Waals surface area contributed by atoms with Crippen molar-refractivity contribution in [3.8, 4) is 5.75 Å². The molecule has 1 heterocycles. The molecule has 0 radical (unpaired) electrons. The van der Waals surface area contributed by atoms with Crippen LogP contribution in [0.15, 0.2) is 53.5 Å². The van der Waals surface area contributed by atoms with E-state index in [0.717, 1.165) is 15.8 Å². The number of aryl methyl sites for hydroxylation is 1. The number of para-hydroxylation sites is 2. The van der Waals surface area contributed by atoms with E-state index < -0.39 is 0 Å². The van der Waals surface area contributed by atoms with Crippen LogP contribution in [0, 0.1) is 6.92 Å². The van der Waals surface area contributed by atoms with Crippen LogP contribution in [0.3, 0.4) is 0 Å². The molecular weight excluding hydrogens is 336 g/mol. The molecular formula is C19H20N2O3S. The molecule has 0 unspecified atom stereocenters. The number of nitrogens with zero attached hydrogens (tertiary/aromatic N) is 2. The van der Waals surface area contributed by atoms with E-state index in [0.29, 0.717) is 23.7 Å². The van der Waals surface area contributed by atoms with Crippen molar-refractivity contribution in [2.24, 2.45) is 4.99 Å². The van der Waals surface area contributed by atoms with E-state index in [1.165, 1.54) is 11.3 Å². The number of carbonyl (C=O) groups is 1. The first-order chi connectivity index (χ1) is 12.2. The minimum absolute atomic E-state index is 0.0800. The Hall–Kier alpha value is -2.44. The first-order valence-electron chi connectivity index (χ1n) is 8.02. The van der Waals surface area contributed by atoms with Crippen LogP contribution in [0.25, 0.3) is 10.2 Å². The van der Waals surface area contributed by atoms with E-state index in [1.807, 2.05) is 60.0 Å². The number of thiazole rings is 1. The van der Waals surface area contributed by atoms with Gasteiger partial charge in [-0.2, -0.15) is 4.99 Å². The lowest BCUT2D eigenvalue weighted by atomic mass is 10.2. The minimum Gasteiger partial charge on any atom is -0.483 e. The highest BCUT2D eigenvalue weighted by molar-refractivity contribution is 7.16. The molecule has 25 heavy (non-hydrogen) atoms. The summed E-state index contributed by atoms with van der Waals surface area (Å²) in [4.78, 5) is 17.2. The Morgan fingerprint density at radius 1 is 1.16 bits per heavy atom. The van der Waals surface area contributed by atoms with Gasteiger partial charge in [-0.1, -0.05) is 41.7 Å². The van der Waals surface area contributed by atoms with Gasteiger partial charge in [-0.25, -0.2) is 0 Å². The Kier molecular flexibility index (Phi) is 5.63. The average molecular weight is 356 g/mol. The topological polar surface area (TPSA) is 52.8 Å². The fraction of sp³-hybridized carbons (Fsp3) is 0.263. The SMILES string of the molecule is COCCn1c(=NC(=O)COc2ccccc2C)sc2ccccc21. The van der Waals surface area contributed by atoms with E-state index in [4.69, 9.17) is 9.47 Å². The second-order valence-corrected chi connectivity index (χ2v) is 6.57. The lowest BCUT2D eigenvalue weighted by Gasteiger charge is -2.06.